The number of benzene rings is 6. The number of pyridine rings is 1. The van der Waals surface area contributed by atoms with Crippen LogP contribution in [-0.4, -0.2) is 15.0 Å². The molecule has 3 heterocycles. The number of thiophene rings is 1. The Balaban J connectivity index is 1.29. The van der Waals surface area contributed by atoms with E-state index in [2.05, 4.69) is 152 Å². The molecule has 6 aromatic carbocycles. The smallest absolute Gasteiger partial charge is 0.162 e. The summed E-state index contributed by atoms with van der Waals surface area (Å²) in [5.74, 6) is 0.658. The van der Waals surface area contributed by atoms with E-state index in [1.165, 1.54) is 31.3 Å². The number of para-hydroxylation sites is 1. The number of hydrogen-bond acceptors (Lipinski definition) is 4. The van der Waals surface area contributed by atoms with Crippen LogP contribution in [0.25, 0.3) is 87.4 Å². The van der Waals surface area contributed by atoms with Crippen LogP contribution in [0.2, 0.25) is 0 Å². The van der Waals surface area contributed by atoms with E-state index in [0.717, 1.165) is 50.2 Å². The van der Waals surface area contributed by atoms with Gasteiger partial charge in [0.25, 0.3) is 0 Å². The molecule has 0 amide bonds. The zero-order valence-electron chi connectivity index (χ0n) is 25.3. The molecule has 0 bridgehead atoms. The highest BCUT2D eigenvalue weighted by molar-refractivity contribution is 7.26. The molecule has 0 atom stereocenters. The second kappa shape index (κ2) is 11.4. The van der Waals surface area contributed by atoms with E-state index in [1.807, 2.05) is 23.5 Å². The van der Waals surface area contributed by atoms with Crippen molar-refractivity contribution in [2.24, 2.45) is 0 Å². The fraction of sp³-hybridized carbons (Fsp3) is 0. The van der Waals surface area contributed by atoms with Crippen molar-refractivity contribution in [1.29, 1.82) is 0 Å². The molecule has 0 spiro atoms. The van der Waals surface area contributed by atoms with Crippen molar-refractivity contribution < 1.29 is 0 Å². The average Bonchev–Trinajstić information content (AvgIpc) is 3.55. The lowest BCUT2D eigenvalue weighted by atomic mass is 10.00. The molecule has 0 radical (unpaired) electrons. The second-order valence-electron chi connectivity index (χ2n) is 11.6. The van der Waals surface area contributed by atoms with Crippen molar-refractivity contribution in [1.82, 2.24) is 15.0 Å². The summed E-state index contributed by atoms with van der Waals surface area (Å²) < 4.78 is 2.48. The topological polar surface area (TPSA) is 38.7 Å². The van der Waals surface area contributed by atoms with Gasteiger partial charge in [-0.1, -0.05) is 146 Å². The first-order chi connectivity index (χ1) is 23.3. The third-order valence-corrected chi connectivity index (χ3v) is 9.91. The lowest BCUT2D eigenvalue weighted by molar-refractivity contribution is 1.18. The predicted octanol–water partition coefficient (Wildman–Crippen LogP) is 11.7. The maximum Gasteiger partial charge on any atom is 0.162 e. The number of aromatic nitrogens is 3. The van der Waals surface area contributed by atoms with Gasteiger partial charge in [0.2, 0.25) is 0 Å². The normalized spacial score (nSPS) is 11.4. The Kier molecular flexibility index (Phi) is 6.65. The van der Waals surface area contributed by atoms with Crippen LogP contribution >= 0.6 is 11.3 Å². The molecule has 47 heavy (non-hydrogen) atoms. The summed E-state index contributed by atoms with van der Waals surface area (Å²) in [6.45, 7) is 0. The molecule has 0 saturated carbocycles. The molecule has 0 N–H and O–H groups in total. The summed E-state index contributed by atoms with van der Waals surface area (Å²) >= 11 is 1.82. The molecule has 9 aromatic rings. The Bertz CT molecular complexity index is 2540. The zero-order chi connectivity index (χ0) is 31.2. The first-order valence-corrected chi connectivity index (χ1v) is 16.5. The molecule has 0 aliphatic rings. The lowest BCUT2D eigenvalue weighted by Crippen LogP contribution is -1.98. The van der Waals surface area contributed by atoms with E-state index in [0.29, 0.717) is 5.82 Å². The van der Waals surface area contributed by atoms with Gasteiger partial charge in [-0.25, -0.2) is 15.0 Å². The van der Waals surface area contributed by atoms with E-state index in [9.17, 15) is 0 Å². The first kappa shape index (κ1) is 27.3. The molecule has 4 heteroatoms. The van der Waals surface area contributed by atoms with Crippen molar-refractivity contribution in [2.45, 2.75) is 0 Å². The summed E-state index contributed by atoms with van der Waals surface area (Å²) in [5, 5.41) is 3.54. The molecule has 9 rings (SSSR count). The predicted molar refractivity (Wildman–Crippen MR) is 197 cm³/mol. The van der Waals surface area contributed by atoms with Crippen molar-refractivity contribution >= 4 is 42.4 Å². The van der Waals surface area contributed by atoms with Gasteiger partial charge in [-0.15, -0.1) is 11.3 Å². The third kappa shape index (κ3) is 4.87. The molecule has 0 aliphatic heterocycles. The monoisotopic (exact) mass is 617 g/mol. The highest BCUT2D eigenvalue weighted by Crippen LogP contribution is 2.44. The fourth-order valence-corrected chi connectivity index (χ4v) is 7.64. The molecule has 3 nitrogen and oxygen atoms in total. The van der Waals surface area contributed by atoms with Gasteiger partial charge in [-0.3, -0.25) is 0 Å². The molecule has 220 valence electrons. The molecule has 3 aromatic heterocycles. The van der Waals surface area contributed by atoms with E-state index in [4.69, 9.17) is 15.0 Å². The van der Waals surface area contributed by atoms with E-state index in [-0.39, 0.29) is 0 Å². The van der Waals surface area contributed by atoms with Crippen LogP contribution < -0.4 is 0 Å². The summed E-state index contributed by atoms with van der Waals surface area (Å²) in [4.78, 5) is 15.9. The van der Waals surface area contributed by atoms with Gasteiger partial charge in [0.05, 0.1) is 22.6 Å². The van der Waals surface area contributed by atoms with Crippen LogP contribution in [-0.2, 0) is 0 Å². The minimum absolute atomic E-state index is 0.658. The standard InChI is InChI=1S/C43H27N3S/c1-4-13-28(14-5-1)29-23-25-31(26-24-29)37-27-36(30-15-6-2-7-16-30)44-43(45-37)35-21-12-20-34-41(35)46-40(32-17-8-3-9-18-32)39-33-19-10-11-22-38(33)47-42(34)39/h1-27H. The van der Waals surface area contributed by atoms with Crippen molar-refractivity contribution in [3.05, 3.63) is 164 Å². The van der Waals surface area contributed by atoms with Gasteiger partial charge in [0.15, 0.2) is 5.82 Å². The molecular formula is C43H27N3S. The van der Waals surface area contributed by atoms with Gasteiger partial charge < -0.3 is 0 Å². The number of fused-ring (bicyclic) bond motifs is 5. The van der Waals surface area contributed by atoms with Gasteiger partial charge >= 0.3 is 0 Å². The quantitative estimate of drug-likeness (QED) is 0.193. The Morgan fingerprint density at radius 3 is 1.64 bits per heavy atom. The first-order valence-electron chi connectivity index (χ1n) is 15.7. The minimum Gasteiger partial charge on any atom is -0.246 e. The molecule has 0 fully saturated rings. The van der Waals surface area contributed by atoms with Gasteiger partial charge in [-0.2, -0.15) is 0 Å². The largest absolute Gasteiger partial charge is 0.246 e. The summed E-state index contributed by atoms with van der Waals surface area (Å²) in [7, 11) is 0. The maximum atomic E-state index is 5.45. The highest BCUT2D eigenvalue weighted by Gasteiger charge is 2.20. The van der Waals surface area contributed by atoms with Crippen LogP contribution in [0.4, 0.5) is 0 Å². The van der Waals surface area contributed by atoms with Crippen LogP contribution in [0.3, 0.4) is 0 Å². The second-order valence-corrected chi connectivity index (χ2v) is 12.7. The van der Waals surface area contributed by atoms with Gasteiger partial charge in [0.1, 0.15) is 0 Å². The fourth-order valence-electron chi connectivity index (χ4n) is 6.41. The van der Waals surface area contributed by atoms with Crippen LogP contribution in [0.1, 0.15) is 0 Å². The number of rotatable bonds is 5. The van der Waals surface area contributed by atoms with Gasteiger partial charge in [0, 0.05) is 47.8 Å². The van der Waals surface area contributed by atoms with Crippen molar-refractivity contribution in [2.75, 3.05) is 0 Å². The SMILES string of the molecule is c1ccc(-c2ccc(-c3cc(-c4ccccc4)nc(-c4cccc5c4nc(-c4ccccc4)c4c6ccccc6sc54)n3)cc2)cc1. The molecule has 0 aliphatic carbocycles. The number of nitrogens with zero attached hydrogens (tertiary/aromatic N) is 3. The molecule has 0 unspecified atom stereocenters. The third-order valence-electron chi connectivity index (χ3n) is 8.71. The van der Waals surface area contributed by atoms with Crippen molar-refractivity contribution in [3.63, 3.8) is 0 Å². The Hall–Kier alpha value is -5.97. The number of hydrogen-bond donors (Lipinski definition) is 0. The van der Waals surface area contributed by atoms with Crippen LogP contribution in [0, 0.1) is 0 Å². The Morgan fingerprint density at radius 1 is 0.404 bits per heavy atom. The maximum absolute atomic E-state index is 5.45. The van der Waals surface area contributed by atoms with E-state index >= 15 is 0 Å². The van der Waals surface area contributed by atoms with Crippen LogP contribution in [0.5, 0.6) is 0 Å². The summed E-state index contributed by atoms with van der Waals surface area (Å²) in [6.07, 6.45) is 0. The Morgan fingerprint density at radius 2 is 0.936 bits per heavy atom. The van der Waals surface area contributed by atoms with E-state index in [1.54, 1.807) is 0 Å². The molecule has 0 saturated heterocycles. The van der Waals surface area contributed by atoms with Crippen molar-refractivity contribution in [3.8, 4) is 56.3 Å². The van der Waals surface area contributed by atoms with Crippen LogP contribution in [0.15, 0.2) is 164 Å². The summed E-state index contributed by atoms with van der Waals surface area (Å²) in [6, 6.07) is 57.0. The minimum atomic E-state index is 0.658. The lowest BCUT2D eigenvalue weighted by Gasteiger charge is -2.13. The Labute approximate surface area is 276 Å². The summed E-state index contributed by atoms with van der Waals surface area (Å²) in [5.41, 5.74) is 10.1. The van der Waals surface area contributed by atoms with Gasteiger partial charge in [-0.05, 0) is 29.3 Å². The molecular weight excluding hydrogens is 591 g/mol. The highest BCUT2D eigenvalue weighted by atomic mass is 32.1. The zero-order valence-corrected chi connectivity index (χ0v) is 26.2. The van der Waals surface area contributed by atoms with E-state index < -0.39 is 0 Å². The average molecular weight is 618 g/mol.